The Morgan fingerprint density at radius 2 is 2.00 bits per heavy atom. The van der Waals surface area contributed by atoms with Crippen LogP contribution in [-0.4, -0.2) is 9.78 Å². The fourth-order valence-corrected chi connectivity index (χ4v) is 1.63. The van der Waals surface area contributed by atoms with Gasteiger partial charge in [0.2, 0.25) is 0 Å². The minimum absolute atomic E-state index is 0.753. The normalized spacial score (nSPS) is 10.5. The zero-order chi connectivity index (χ0) is 10.7. The Kier molecular flexibility index (Phi) is 2.72. The van der Waals surface area contributed by atoms with Gasteiger partial charge in [-0.2, -0.15) is 5.10 Å². The van der Waals surface area contributed by atoms with E-state index in [0.29, 0.717) is 0 Å². The van der Waals surface area contributed by atoms with Gasteiger partial charge in [-0.05, 0) is 18.6 Å². The van der Waals surface area contributed by atoms with E-state index in [9.17, 15) is 0 Å². The van der Waals surface area contributed by atoms with Gasteiger partial charge in [0.1, 0.15) is 5.82 Å². The Bertz CT molecular complexity index is 431. The lowest BCUT2D eigenvalue weighted by Gasteiger charge is -2.04. The summed E-state index contributed by atoms with van der Waals surface area (Å²) in [6.45, 7) is 2.14. The maximum Gasteiger partial charge on any atom is 0.130 e. The lowest BCUT2D eigenvalue weighted by Crippen LogP contribution is -2.02. The van der Waals surface area contributed by atoms with Crippen LogP contribution in [0.15, 0.2) is 36.5 Å². The predicted molar refractivity (Wildman–Crippen MR) is 62.0 cm³/mol. The highest BCUT2D eigenvalue weighted by Gasteiger charge is 2.07. The Morgan fingerprint density at radius 3 is 2.67 bits per heavy atom. The molecule has 1 aromatic heterocycles. The lowest BCUT2D eigenvalue weighted by atomic mass is 10.2. The number of para-hydroxylation sites is 1. The molecule has 2 aromatic rings. The highest BCUT2D eigenvalue weighted by atomic mass is 15.3. The Labute approximate surface area is 89.5 Å². The molecular weight excluding hydrogens is 186 g/mol. The van der Waals surface area contributed by atoms with Crippen molar-refractivity contribution in [1.82, 2.24) is 9.78 Å². The second-order valence-electron chi connectivity index (χ2n) is 3.55. The smallest absolute Gasteiger partial charge is 0.130 e. The van der Waals surface area contributed by atoms with Crippen LogP contribution in [0.3, 0.4) is 0 Å². The number of hydrogen-bond acceptors (Lipinski definition) is 2. The highest BCUT2D eigenvalue weighted by Crippen LogP contribution is 2.17. The van der Waals surface area contributed by atoms with Crippen LogP contribution >= 0.6 is 0 Å². The van der Waals surface area contributed by atoms with Crippen molar-refractivity contribution in [3.05, 3.63) is 42.1 Å². The first-order chi connectivity index (χ1) is 7.33. The van der Waals surface area contributed by atoms with Crippen molar-refractivity contribution in [2.45, 2.75) is 19.8 Å². The van der Waals surface area contributed by atoms with Crippen LogP contribution in [0.2, 0.25) is 0 Å². The molecule has 0 saturated carbocycles. The Hall–Kier alpha value is -1.77. The van der Waals surface area contributed by atoms with E-state index in [0.717, 1.165) is 29.9 Å². The summed E-state index contributed by atoms with van der Waals surface area (Å²) in [6, 6.07) is 9.94. The maximum atomic E-state index is 6.02. The van der Waals surface area contributed by atoms with E-state index in [2.05, 4.69) is 12.0 Å². The zero-order valence-corrected chi connectivity index (χ0v) is 8.85. The van der Waals surface area contributed by atoms with Gasteiger partial charge in [-0.25, -0.2) is 4.68 Å². The van der Waals surface area contributed by atoms with Gasteiger partial charge in [0.15, 0.2) is 0 Å². The van der Waals surface area contributed by atoms with Crippen molar-refractivity contribution in [2.75, 3.05) is 5.73 Å². The maximum absolute atomic E-state index is 6.02. The van der Waals surface area contributed by atoms with Gasteiger partial charge in [-0.3, -0.25) is 0 Å². The summed E-state index contributed by atoms with van der Waals surface area (Å²) >= 11 is 0. The van der Waals surface area contributed by atoms with Gasteiger partial charge in [0.25, 0.3) is 0 Å². The molecule has 1 aromatic carbocycles. The van der Waals surface area contributed by atoms with Crippen LogP contribution in [0.5, 0.6) is 0 Å². The molecule has 0 fully saturated rings. The van der Waals surface area contributed by atoms with Crippen molar-refractivity contribution < 1.29 is 0 Å². The number of nitrogens with two attached hydrogens (primary N) is 1. The zero-order valence-electron chi connectivity index (χ0n) is 8.85. The minimum Gasteiger partial charge on any atom is -0.383 e. The summed E-state index contributed by atoms with van der Waals surface area (Å²) < 4.78 is 1.78. The van der Waals surface area contributed by atoms with Crippen molar-refractivity contribution in [3.63, 3.8) is 0 Å². The molecule has 0 bridgehead atoms. The molecule has 0 unspecified atom stereocenters. The van der Waals surface area contributed by atoms with E-state index in [1.54, 1.807) is 4.68 Å². The first-order valence-corrected chi connectivity index (χ1v) is 5.20. The van der Waals surface area contributed by atoms with Gasteiger partial charge < -0.3 is 5.73 Å². The molecule has 0 saturated heterocycles. The van der Waals surface area contributed by atoms with Crippen molar-refractivity contribution in [2.24, 2.45) is 0 Å². The van der Waals surface area contributed by atoms with Gasteiger partial charge in [0.05, 0.1) is 11.9 Å². The van der Waals surface area contributed by atoms with Gasteiger partial charge in [-0.1, -0.05) is 31.5 Å². The van der Waals surface area contributed by atoms with E-state index >= 15 is 0 Å². The average Bonchev–Trinajstić information content (AvgIpc) is 2.63. The number of anilines is 1. The number of aryl methyl sites for hydroxylation is 1. The molecule has 0 amide bonds. The van der Waals surface area contributed by atoms with Crippen molar-refractivity contribution in [1.29, 1.82) is 0 Å². The molecule has 3 nitrogen and oxygen atoms in total. The van der Waals surface area contributed by atoms with Crippen LogP contribution in [0.1, 0.15) is 18.9 Å². The van der Waals surface area contributed by atoms with Crippen LogP contribution in [0, 0.1) is 0 Å². The summed E-state index contributed by atoms with van der Waals surface area (Å²) in [5, 5.41) is 4.30. The van der Waals surface area contributed by atoms with Crippen LogP contribution in [0.25, 0.3) is 5.69 Å². The SMILES string of the molecule is CCCc1cnn(-c2ccccc2)c1N. The molecule has 0 radical (unpaired) electrons. The third-order valence-corrected chi connectivity index (χ3v) is 2.41. The number of nitrogen functional groups attached to an aromatic ring is 1. The summed E-state index contributed by atoms with van der Waals surface area (Å²) in [6.07, 6.45) is 3.93. The fourth-order valence-electron chi connectivity index (χ4n) is 1.63. The molecule has 1 heterocycles. The first-order valence-electron chi connectivity index (χ1n) is 5.20. The molecule has 0 aliphatic rings. The van der Waals surface area contributed by atoms with Crippen LogP contribution in [-0.2, 0) is 6.42 Å². The molecule has 2 rings (SSSR count). The molecule has 15 heavy (non-hydrogen) atoms. The number of nitrogens with zero attached hydrogens (tertiary/aromatic N) is 2. The molecule has 3 heteroatoms. The molecular formula is C12H15N3. The van der Waals surface area contributed by atoms with E-state index < -0.39 is 0 Å². The molecule has 2 N–H and O–H groups in total. The van der Waals surface area contributed by atoms with Gasteiger partial charge in [0, 0.05) is 5.56 Å². The molecule has 0 aliphatic carbocycles. The minimum atomic E-state index is 0.753. The molecule has 0 spiro atoms. The Morgan fingerprint density at radius 1 is 1.27 bits per heavy atom. The van der Waals surface area contributed by atoms with Gasteiger partial charge >= 0.3 is 0 Å². The number of rotatable bonds is 3. The predicted octanol–water partition coefficient (Wildman–Crippen LogP) is 2.41. The highest BCUT2D eigenvalue weighted by molar-refractivity contribution is 5.46. The Balaban J connectivity index is 2.38. The number of aromatic nitrogens is 2. The second-order valence-corrected chi connectivity index (χ2v) is 3.55. The molecule has 0 aliphatic heterocycles. The van der Waals surface area contributed by atoms with E-state index in [1.807, 2.05) is 36.5 Å². The molecule has 0 atom stereocenters. The third kappa shape index (κ3) is 1.86. The third-order valence-electron chi connectivity index (χ3n) is 2.41. The van der Waals surface area contributed by atoms with Crippen molar-refractivity contribution >= 4 is 5.82 Å². The topological polar surface area (TPSA) is 43.8 Å². The monoisotopic (exact) mass is 201 g/mol. The van der Waals surface area contributed by atoms with E-state index in [1.165, 1.54) is 0 Å². The fraction of sp³-hybridized carbons (Fsp3) is 0.250. The quantitative estimate of drug-likeness (QED) is 0.828. The molecule has 78 valence electrons. The summed E-state index contributed by atoms with van der Waals surface area (Å²) in [7, 11) is 0. The first kappa shape index (κ1) is 9.77. The standard InChI is InChI=1S/C12H15N3/c1-2-6-10-9-14-15(12(10)13)11-7-4-3-5-8-11/h3-5,7-9H,2,6,13H2,1H3. The number of benzene rings is 1. The second kappa shape index (κ2) is 4.17. The van der Waals surface area contributed by atoms with E-state index in [4.69, 9.17) is 5.73 Å². The summed E-state index contributed by atoms with van der Waals surface area (Å²) in [5.41, 5.74) is 8.16. The van der Waals surface area contributed by atoms with Crippen LogP contribution in [0.4, 0.5) is 5.82 Å². The average molecular weight is 201 g/mol. The summed E-state index contributed by atoms with van der Waals surface area (Å²) in [5.74, 6) is 0.753. The summed E-state index contributed by atoms with van der Waals surface area (Å²) in [4.78, 5) is 0. The van der Waals surface area contributed by atoms with Crippen LogP contribution < -0.4 is 5.73 Å². The van der Waals surface area contributed by atoms with E-state index in [-0.39, 0.29) is 0 Å². The van der Waals surface area contributed by atoms with Gasteiger partial charge in [-0.15, -0.1) is 0 Å². The van der Waals surface area contributed by atoms with Crippen molar-refractivity contribution in [3.8, 4) is 5.69 Å². The largest absolute Gasteiger partial charge is 0.383 e. The lowest BCUT2D eigenvalue weighted by molar-refractivity contribution is 0.889. The number of hydrogen-bond donors (Lipinski definition) is 1.